The highest BCUT2D eigenvalue weighted by Crippen LogP contribution is 2.28. The Kier molecular flexibility index (Phi) is 3.86. The highest BCUT2D eigenvalue weighted by molar-refractivity contribution is 5.99. The zero-order valence-electron chi connectivity index (χ0n) is 12.2. The molecular weight excluding hydrogens is 267 g/mol. The Morgan fingerprint density at radius 3 is 2.86 bits per heavy atom. The summed E-state index contributed by atoms with van der Waals surface area (Å²) in [4.78, 5) is 12.3. The number of Topliss-reactive ketones (excluding diaryl/α,β-unsaturated/α-hetero) is 1. The van der Waals surface area contributed by atoms with Crippen molar-refractivity contribution < 1.29 is 9.18 Å². The van der Waals surface area contributed by atoms with E-state index in [1.165, 1.54) is 6.07 Å². The van der Waals surface area contributed by atoms with Crippen LogP contribution in [0.25, 0.3) is 5.69 Å². The first-order chi connectivity index (χ1) is 10.2. The summed E-state index contributed by atoms with van der Waals surface area (Å²) in [5.74, 6) is -0.146. The number of para-hydroxylation sites is 1. The first kappa shape index (κ1) is 14.0. The van der Waals surface area contributed by atoms with Crippen LogP contribution in [0.2, 0.25) is 0 Å². The number of nitrogens with zero attached hydrogens (tertiary/aromatic N) is 2. The van der Waals surface area contributed by atoms with E-state index in [1.807, 2.05) is 0 Å². The van der Waals surface area contributed by atoms with Crippen molar-refractivity contribution in [2.75, 3.05) is 0 Å². The molecule has 0 unspecified atom stereocenters. The van der Waals surface area contributed by atoms with Gasteiger partial charge in [-0.25, -0.2) is 9.07 Å². The van der Waals surface area contributed by atoms with E-state index in [2.05, 4.69) is 12.0 Å². The van der Waals surface area contributed by atoms with Crippen molar-refractivity contribution in [3.05, 3.63) is 47.0 Å². The Bertz CT molecular complexity index is 675. The lowest BCUT2D eigenvalue weighted by molar-refractivity contribution is 0.0971. The largest absolute Gasteiger partial charge is 0.294 e. The number of carbonyl (C=O) groups is 1. The van der Waals surface area contributed by atoms with Gasteiger partial charge in [0.05, 0.1) is 17.0 Å². The lowest BCUT2D eigenvalue weighted by Crippen LogP contribution is -2.14. The van der Waals surface area contributed by atoms with Gasteiger partial charge in [-0.2, -0.15) is 5.10 Å². The maximum Gasteiger partial charge on any atom is 0.166 e. The summed E-state index contributed by atoms with van der Waals surface area (Å²) in [7, 11) is 0. The molecule has 0 radical (unpaired) electrons. The molecule has 0 spiro atoms. The van der Waals surface area contributed by atoms with Gasteiger partial charge in [-0.1, -0.05) is 25.5 Å². The van der Waals surface area contributed by atoms with E-state index in [0.29, 0.717) is 12.1 Å². The molecule has 3 nitrogen and oxygen atoms in total. The van der Waals surface area contributed by atoms with Gasteiger partial charge >= 0.3 is 0 Å². The van der Waals surface area contributed by atoms with Gasteiger partial charge in [0, 0.05) is 6.42 Å². The monoisotopic (exact) mass is 286 g/mol. The van der Waals surface area contributed by atoms with Crippen LogP contribution < -0.4 is 0 Å². The van der Waals surface area contributed by atoms with Crippen LogP contribution in [0.5, 0.6) is 0 Å². The van der Waals surface area contributed by atoms with E-state index < -0.39 is 0 Å². The minimum absolute atomic E-state index is 0.157. The summed E-state index contributed by atoms with van der Waals surface area (Å²) < 4.78 is 15.7. The number of unbranched alkanes of at least 4 members (excludes halogenated alkanes) is 1. The van der Waals surface area contributed by atoms with Gasteiger partial charge in [0.2, 0.25) is 0 Å². The summed E-state index contributed by atoms with van der Waals surface area (Å²) in [5, 5.41) is 4.57. The van der Waals surface area contributed by atoms with Gasteiger partial charge in [0.25, 0.3) is 0 Å². The van der Waals surface area contributed by atoms with Crippen LogP contribution in [0, 0.1) is 5.82 Å². The molecule has 0 saturated carbocycles. The molecule has 0 N–H and O–H groups in total. The molecule has 3 rings (SSSR count). The molecule has 2 aromatic rings. The number of ketones is 1. The van der Waals surface area contributed by atoms with E-state index in [9.17, 15) is 9.18 Å². The predicted molar refractivity (Wildman–Crippen MR) is 79.4 cm³/mol. The summed E-state index contributed by atoms with van der Waals surface area (Å²) in [6, 6.07) is 6.60. The topological polar surface area (TPSA) is 34.9 Å². The number of fused-ring (bicyclic) bond motifs is 1. The minimum Gasteiger partial charge on any atom is -0.294 e. The fraction of sp³-hybridized carbons (Fsp3) is 0.412. The van der Waals surface area contributed by atoms with Crippen LogP contribution in [0.1, 0.15) is 54.4 Å². The van der Waals surface area contributed by atoms with Crippen LogP contribution in [-0.4, -0.2) is 15.6 Å². The molecule has 110 valence electrons. The van der Waals surface area contributed by atoms with Crippen molar-refractivity contribution in [3.8, 4) is 5.69 Å². The highest BCUT2D eigenvalue weighted by Gasteiger charge is 2.27. The van der Waals surface area contributed by atoms with Crippen molar-refractivity contribution in [1.29, 1.82) is 0 Å². The molecule has 0 atom stereocenters. The Morgan fingerprint density at radius 2 is 2.10 bits per heavy atom. The van der Waals surface area contributed by atoms with Crippen LogP contribution in [0.4, 0.5) is 4.39 Å². The smallest absolute Gasteiger partial charge is 0.166 e. The van der Waals surface area contributed by atoms with Gasteiger partial charge in [0.15, 0.2) is 5.78 Å². The zero-order valence-corrected chi connectivity index (χ0v) is 12.2. The van der Waals surface area contributed by atoms with Gasteiger partial charge in [-0.15, -0.1) is 0 Å². The number of aromatic nitrogens is 2. The molecule has 0 fully saturated rings. The standard InChI is InChI=1S/C17H19FN2O/c1-2-3-8-13-17-15(10-6-11-16(17)21)20(19-13)14-9-5-4-7-12(14)18/h4-5,7,9H,2-3,6,8,10-11H2,1H3. The Labute approximate surface area is 123 Å². The van der Waals surface area contributed by atoms with Gasteiger partial charge < -0.3 is 0 Å². The van der Waals surface area contributed by atoms with Crippen molar-refractivity contribution in [2.45, 2.75) is 45.4 Å². The molecule has 1 heterocycles. The number of aryl methyl sites for hydroxylation is 1. The fourth-order valence-electron chi connectivity index (χ4n) is 2.94. The second kappa shape index (κ2) is 5.80. The van der Waals surface area contributed by atoms with E-state index >= 15 is 0 Å². The Morgan fingerprint density at radius 1 is 1.29 bits per heavy atom. The van der Waals surface area contributed by atoms with E-state index in [1.54, 1.807) is 22.9 Å². The van der Waals surface area contributed by atoms with E-state index in [0.717, 1.165) is 49.1 Å². The first-order valence-electron chi connectivity index (χ1n) is 7.61. The van der Waals surface area contributed by atoms with Gasteiger partial charge in [-0.3, -0.25) is 4.79 Å². The summed E-state index contributed by atoms with van der Waals surface area (Å²) in [6.45, 7) is 2.11. The third-order valence-corrected chi connectivity index (χ3v) is 4.00. The molecule has 0 aliphatic heterocycles. The van der Waals surface area contributed by atoms with Gasteiger partial charge in [-0.05, 0) is 37.8 Å². The third-order valence-electron chi connectivity index (χ3n) is 4.00. The van der Waals surface area contributed by atoms with Crippen LogP contribution >= 0.6 is 0 Å². The maximum atomic E-state index is 14.1. The molecule has 0 amide bonds. The average molecular weight is 286 g/mol. The SMILES string of the molecule is CCCCc1nn(-c2ccccc2F)c2c1C(=O)CCC2. The molecule has 1 aromatic heterocycles. The van der Waals surface area contributed by atoms with E-state index in [-0.39, 0.29) is 11.6 Å². The maximum absolute atomic E-state index is 14.1. The van der Waals surface area contributed by atoms with Crippen molar-refractivity contribution in [2.24, 2.45) is 0 Å². The number of hydrogen-bond donors (Lipinski definition) is 0. The van der Waals surface area contributed by atoms with Crippen LogP contribution in [0.15, 0.2) is 24.3 Å². The number of benzene rings is 1. The molecule has 1 aliphatic carbocycles. The first-order valence-corrected chi connectivity index (χ1v) is 7.61. The summed E-state index contributed by atoms with van der Waals surface area (Å²) in [5.41, 5.74) is 2.89. The average Bonchev–Trinajstić information content (AvgIpc) is 2.86. The van der Waals surface area contributed by atoms with Gasteiger partial charge in [0.1, 0.15) is 11.5 Å². The lowest BCUT2D eigenvalue weighted by atomic mass is 9.93. The number of carbonyl (C=O) groups excluding carboxylic acids is 1. The van der Waals surface area contributed by atoms with Crippen molar-refractivity contribution in [3.63, 3.8) is 0 Å². The predicted octanol–water partition coefficient (Wildman–Crippen LogP) is 3.87. The second-order valence-corrected chi connectivity index (χ2v) is 5.51. The van der Waals surface area contributed by atoms with Crippen LogP contribution in [-0.2, 0) is 12.8 Å². The second-order valence-electron chi connectivity index (χ2n) is 5.51. The Hall–Kier alpha value is -1.97. The quantitative estimate of drug-likeness (QED) is 0.855. The molecule has 0 bridgehead atoms. The molecule has 0 saturated heterocycles. The molecule has 4 heteroatoms. The molecule has 21 heavy (non-hydrogen) atoms. The third kappa shape index (κ3) is 2.50. The van der Waals surface area contributed by atoms with Crippen LogP contribution in [0.3, 0.4) is 0 Å². The summed E-state index contributed by atoms with van der Waals surface area (Å²) >= 11 is 0. The fourth-order valence-corrected chi connectivity index (χ4v) is 2.94. The van der Waals surface area contributed by atoms with Crippen molar-refractivity contribution >= 4 is 5.78 Å². The minimum atomic E-state index is -0.303. The normalized spacial score (nSPS) is 14.3. The number of halogens is 1. The Balaban J connectivity index is 2.13. The number of rotatable bonds is 4. The lowest BCUT2D eigenvalue weighted by Gasteiger charge is -2.13. The van der Waals surface area contributed by atoms with E-state index in [4.69, 9.17) is 0 Å². The van der Waals surface area contributed by atoms with Crippen molar-refractivity contribution in [1.82, 2.24) is 9.78 Å². The highest BCUT2D eigenvalue weighted by atomic mass is 19.1. The molecular formula is C17H19FN2O. The summed E-state index contributed by atoms with van der Waals surface area (Å²) in [6.07, 6.45) is 5.01. The molecule has 1 aliphatic rings. The zero-order chi connectivity index (χ0) is 14.8. The molecule has 1 aromatic carbocycles. The number of hydrogen-bond acceptors (Lipinski definition) is 2.